The van der Waals surface area contributed by atoms with Gasteiger partial charge in [0.25, 0.3) is 5.91 Å². The first-order valence-corrected chi connectivity index (χ1v) is 5.74. The Morgan fingerprint density at radius 1 is 1.37 bits per heavy atom. The fourth-order valence-electron chi connectivity index (χ4n) is 1.59. The van der Waals surface area contributed by atoms with Gasteiger partial charge in [0.05, 0.1) is 12.7 Å². The number of ether oxygens (including phenoxy) is 1. The molecule has 0 saturated heterocycles. The first kappa shape index (κ1) is 14.9. The van der Waals surface area contributed by atoms with Gasteiger partial charge < -0.3 is 15.2 Å². The zero-order chi connectivity index (χ0) is 14.6. The number of amides is 1. The van der Waals surface area contributed by atoms with Gasteiger partial charge in [0, 0.05) is 0 Å². The van der Waals surface area contributed by atoms with E-state index in [4.69, 9.17) is 9.84 Å². The van der Waals surface area contributed by atoms with Crippen LogP contribution in [0, 0.1) is 11.7 Å². The Kier molecular flexibility index (Phi) is 4.86. The van der Waals surface area contributed by atoms with Crippen LogP contribution < -0.4 is 10.1 Å². The number of carbonyl (C=O) groups is 2. The van der Waals surface area contributed by atoms with Crippen LogP contribution in [0.4, 0.5) is 4.39 Å². The molecule has 0 heterocycles. The minimum Gasteiger partial charge on any atom is -0.496 e. The van der Waals surface area contributed by atoms with Crippen molar-refractivity contribution in [3.63, 3.8) is 0 Å². The van der Waals surface area contributed by atoms with Crippen LogP contribution in [0.5, 0.6) is 5.75 Å². The van der Waals surface area contributed by atoms with Crippen molar-refractivity contribution in [3.8, 4) is 5.75 Å². The van der Waals surface area contributed by atoms with Gasteiger partial charge in [-0.1, -0.05) is 13.8 Å². The third-order valence-corrected chi connectivity index (χ3v) is 2.63. The number of rotatable bonds is 5. The minimum absolute atomic E-state index is 0.0330. The van der Waals surface area contributed by atoms with Gasteiger partial charge in [-0.05, 0) is 24.1 Å². The van der Waals surface area contributed by atoms with Crippen molar-refractivity contribution < 1.29 is 23.8 Å². The molecule has 5 nitrogen and oxygen atoms in total. The lowest BCUT2D eigenvalue weighted by atomic mass is 10.0. The molecule has 0 aliphatic carbocycles. The molecule has 19 heavy (non-hydrogen) atoms. The molecule has 1 aromatic rings. The molecule has 1 amide bonds. The summed E-state index contributed by atoms with van der Waals surface area (Å²) < 4.78 is 18.1. The van der Waals surface area contributed by atoms with Gasteiger partial charge in [-0.25, -0.2) is 9.18 Å². The summed E-state index contributed by atoms with van der Waals surface area (Å²) in [6.45, 7) is 3.34. The summed E-state index contributed by atoms with van der Waals surface area (Å²) in [6, 6.07) is 2.44. The number of carbonyl (C=O) groups excluding carboxylic acids is 1. The Labute approximate surface area is 110 Å². The number of hydrogen-bond acceptors (Lipinski definition) is 3. The number of halogens is 1. The number of carboxylic acid groups (broad SMARTS) is 1. The molecule has 1 aromatic carbocycles. The molecule has 104 valence electrons. The molecule has 0 aromatic heterocycles. The topological polar surface area (TPSA) is 75.6 Å². The summed E-state index contributed by atoms with van der Waals surface area (Å²) in [5, 5.41) is 11.3. The Bertz CT molecular complexity index is 488. The van der Waals surface area contributed by atoms with E-state index in [1.807, 2.05) is 0 Å². The highest BCUT2D eigenvalue weighted by Gasteiger charge is 2.25. The standard InChI is InChI=1S/C13H16FNO4/c1-7(2)11(13(17)18)15-12(16)9-6-8(14)4-5-10(9)19-3/h4-7,11H,1-3H3,(H,15,16)(H,17,18)/t11-/m1/s1. The van der Waals surface area contributed by atoms with Gasteiger partial charge in [-0.15, -0.1) is 0 Å². The summed E-state index contributed by atoms with van der Waals surface area (Å²) in [6.07, 6.45) is 0. The van der Waals surface area contributed by atoms with Crippen LogP contribution in [0.3, 0.4) is 0 Å². The second-order valence-corrected chi connectivity index (χ2v) is 4.38. The number of nitrogens with one attached hydrogen (secondary N) is 1. The first-order valence-electron chi connectivity index (χ1n) is 5.74. The average Bonchev–Trinajstić information content (AvgIpc) is 2.34. The van der Waals surface area contributed by atoms with E-state index in [9.17, 15) is 14.0 Å². The Balaban J connectivity index is 3.00. The van der Waals surface area contributed by atoms with Crippen LogP contribution in [0.25, 0.3) is 0 Å². The van der Waals surface area contributed by atoms with Crippen molar-refractivity contribution in [1.29, 1.82) is 0 Å². The zero-order valence-electron chi connectivity index (χ0n) is 10.9. The van der Waals surface area contributed by atoms with Crippen LogP contribution in [0.1, 0.15) is 24.2 Å². The third kappa shape index (κ3) is 3.67. The summed E-state index contributed by atoms with van der Waals surface area (Å²) in [5.41, 5.74) is -0.0330. The van der Waals surface area contributed by atoms with Gasteiger partial charge in [0.2, 0.25) is 0 Å². The zero-order valence-corrected chi connectivity index (χ0v) is 10.9. The van der Waals surface area contributed by atoms with Crippen molar-refractivity contribution in [2.45, 2.75) is 19.9 Å². The number of benzene rings is 1. The van der Waals surface area contributed by atoms with E-state index in [2.05, 4.69) is 5.32 Å². The highest BCUT2D eigenvalue weighted by molar-refractivity contribution is 5.99. The second-order valence-electron chi connectivity index (χ2n) is 4.38. The molecule has 0 radical (unpaired) electrons. The number of carboxylic acids is 1. The van der Waals surface area contributed by atoms with Crippen LogP contribution in [0.15, 0.2) is 18.2 Å². The van der Waals surface area contributed by atoms with E-state index in [0.29, 0.717) is 0 Å². The molecule has 0 aliphatic rings. The normalized spacial score (nSPS) is 12.1. The predicted molar refractivity (Wildman–Crippen MR) is 66.7 cm³/mol. The van der Waals surface area contributed by atoms with E-state index >= 15 is 0 Å². The van der Waals surface area contributed by atoms with Gasteiger partial charge in [-0.2, -0.15) is 0 Å². The third-order valence-electron chi connectivity index (χ3n) is 2.63. The maximum absolute atomic E-state index is 13.1. The molecule has 0 fully saturated rings. The van der Waals surface area contributed by atoms with E-state index in [0.717, 1.165) is 12.1 Å². The lowest BCUT2D eigenvalue weighted by molar-refractivity contribution is -0.140. The van der Waals surface area contributed by atoms with Gasteiger partial charge >= 0.3 is 5.97 Å². The van der Waals surface area contributed by atoms with E-state index in [1.54, 1.807) is 13.8 Å². The SMILES string of the molecule is COc1ccc(F)cc1C(=O)N[C@@H](C(=O)O)C(C)C. The molecular formula is C13H16FNO4. The van der Waals surface area contributed by atoms with E-state index < -0.39 is 23.7 Å². The first-order chi connectivity index (χ1) is 8.86. The highest BCUT2D eigenvalue weighted by Crippen LogP contribution is 2.19. The molecule has 2 N–H and O–H groups in total. The lowest BCUT2D eigenvalue weighted by Gasteiger charge is -2.18. The van der Waals surface area contributed by atoms with Crippen LogP contribution >= 0.6 is 0 Å². The number of hydrogen-bond donors (Lipinski definition) is 2. The quantitative estimate of drug-likeness (QED) is 0.852. The fourth-order valence-corrected chi connectivity index (χ4v) is 1.59. The molecule has 0 unspecified atom stereocenters. The van der Waals surface area contributed by atoms with Crippen LogP contribution in [0.2, 0.25) is 0 Å². The Morgan fingerprint density at radius 3 is 2.47 bits per heavy atom. The van der Waals surface area contributed by atoms with Gasteiger partial charge in [0.1, 0.15) is 17.6 Å². The molecular weight excluding hydrogens is 253 g/mol. The summed E-state index contributed by atoms with van der Waals surface area (Å²) in [5.74, 6) is -2.52. The smallest absolute Gasteiger partial charge is 0.326 e. The summed E-state index contributed by atoms with van der Waals surface area (Å²) in [7, 11) is 1.35. The molecule has 1 rings (SSSR count). The monoisotopic (exact) mass is 269 g/mol. The Hall–Kier alpha value is -2.11. The lowest BCUT2D eigenvalue weighted by Crippen LogP contribution is -2.44. The van der Waals surface area contributed by atoms with Crippen LogP contribution in [-0.2, 0) is 4.79 Å². The maximum Gasteiger partial charge on any atom is 0.326 e. The minimum atomic E-state index is -1.14. The van der Waals surface area contributed by atoms with E-state index in [-0.39, 0.29) is 17.2 Å². The maximum atomic E-state index is 13.1. The number of aliphatic carboxylic acids is 1. The van der Waals surface area contributed by atoms with Crippen LogP contribution in [-0.4, -0.2) is 30.1 Å². The largest absolute Gasteiger partial charge is 0.496 e. The number of methoxy groups -OCH3 is 1. The summed E-state index contributed by atoms with van der Waals surface area (Å²) in [4.78, 5) is 23.0. The Morgan fingerprint density at radius 2 is 2.00 bits per heavy atom. The average molecular weight is 269 g/mol. The van der Waals surface area contributed by atoms with Gasteiger partial charge in [-0.3, -0.25) is 4.79 Å². The highest BCUT2D eigenvalue weighted by atomic mass is 19.1. The van der Waals surface area contributed by atoms with Gasteiger partial charge in [0.15, 0.2) is 0 Å². The molecule has 0 bridgehead atoms. The van der Waals surface area contributed by atoms with Crippen molar-refractivity contribution in [2.75, 3.05) is 7.11 Å². The van der Waals surface area contributed by atoms with Crippen molar-refractivity contribution in [2.24, 2.45) is 5.92 Å². The molecule has 1 atom stereocenters. The van der Waals surface area contributed by atoms with Crippen molar-refractivity contribution in [1.82, 2.24) is 5.32 Å². The van der Waals surface area contributed by atoms with Crippen molar-refractivity contribution in [3.05, 3.63) is 29.6 Å². The van der Waals surface area contributed by atoms with E-state index in [1.165, 1.54) is 13.2 Å². The summed E-state index contributed by atoms with van der Waals surface area (Å²) >= 11 is 0. The molecule has 6 heteroatoms. The molecule has 0 aliphatic heterocycles. The molecule has 0 saturated carbocycles. The molecule has 0 spiro atoms. The fraction of sp³-hybridized carbons (Fsp3) is 0.385. The predicted octanol–water partition coefficient (Wildman–Crippen LogP) is 1.67. The second kappa shape index (κ2) is 6.17. The van der Waals surface area contributed by atoms with Crippen molar-refractivity contribution >= 4 is 11.9 Å².